The van der Waals surface area contributed by atoms with Gasteiger partial charge in [0.1, 0.15) is 0 Å². The standard InChI is InChI=1S/C10H14BrN3S/c1-14(7-2-3-7)10(12)13-6-8-4-5-9(11)15-8/h4-5,7H,2-3,6H2,1H3,(H2,12,13). The number of aliphatic imine (C=N–C) groups is 1. The summed E-state index contributed by atoms with van der Waals surface area (Å²) in [5.74, 6) is 0.655. The molecule has 0 bridgehead atoms. The Bertz CT molecular complexity index is 370. The van der Waals surface area contributed by atoms with Crippen LogP contribution >= 0.6 is 27.3 Å². The van der Waals surface area contributed by atoms with Crippen LogP contribution < -0.4 is 5.73 Å². The summed E-state index contributed by atoms with van der Waals surface area (Å²) in [7, 11) is 2.01. The minimum absolute atomic E-state index is 0.629. The molecule has 1 aromatic rings. The second-order valence-corrected chi connectivity index (χ2v) is 6.27. The number of guanidine groups is 1. The average molecular weight is 288 g/mol. The Hall–Kier alpha value is -0.550. The number of nitrogens with two attached hydrogens (primary N) is 1. The predicted octanol–water partition coefficient (Wildman–Crippen LogP) is 2.42. The second-order valence-electron chi connectivity index (χ2n) is 3.72. The van der Waals surface area contributed by atoms with Crippen LogP contribution in [0.1, 0.15) is 17.7 Å². The third-order valence-corrected chi connectivity index (χ3v) is 4.09. The van der Waals surface area contributed by atoms with Gasteiger partial charge in [0, 0.05) is 18.0 Å². The van der Waals surface area contributed by atoms with Gasteiger partial charge in [0.2, 0.25) is 0 Å². The fraction of sp³-hybridized carbons (Fsp3) is 0.500. The monoisotopic (exact) mass is 287 g/mol. The first-order valence-electron chi connectivity index (χ1n) is 4.94. The van der Waals surface area contributed by atoms with Crippen LogP contribution in [0.3, 0.4) is 0 Å². The lowest BCUT2D eigenvalue weighted by Crippen LogP contribution is -2.35. The lowest BCUT2D eigenvalue weighted by atomic mass is 10.5. The summed E-state index contributed by atoms with van der Waals surface area (Å²) < 4.78 is 1.14. The molecule has 0 aromatic carbocycles. The number of halogens is 1. The molecule has 0 atom stereocenters. The highest BCUT2D eigenvalue weighted by Crippen LogP contribution is 2.25. The predicted molar refractivity (Wildman–Crippen MR) is 68.1 cm³/mol. The van der Waals surface area contributed by atoms with Gasteiger partial charge < -0.3 is 10.6 Å². The molecule has 1 fully saturated rings. The van der Waals surface area contributed by atoms with Crippen LogP contribution in [0.5, 0.6) is 0 Å². The Kier molecular flexibility index (Phi) is 3.31. The summed E-state index contributed by atoms with van der Waals surface area (Å²) in [6.07, 6.45) is 2.49. The fourth-order valence-electron chi connectivity index (χ4n) is 1.36. The highest BCUT2D eigenvalue weighted by atomic mass is 79.9. The van der Waals surface area contributed by atoms with Crippen molar-refractivity contribution in [3.8, 4) is 0 Å². The quantitative estimate of drug-likeness (QED) is 0.685. The Labute approximate surface area is 102 Å². The van der Waals surface area contributed by atoms with Crippen LogP contribution in [0.15, 0.2) is 20.9 Å². The van der Waals surface area contributed by atoms with Crippen LogP contribution in [-0.2, 0) is 6.54 Å². The smallest absolute Gasteiger partial charge is 0.191 e. The Morgan fingerprint density at radius 2 is 2.40 bits per heavy atom. The maximum atomic E-state index is 5.88. The highest BCUT2D eigenvalue weighted by molar-refractivity contribution is 9.11. The van der Waals surface area contributed by atoms with E-state index in [1.54, 1.807) is 11.3 Å². The molecule has 82 valence electrons. The van der Waals surface area contributed by atoms with Crippen molar-refractivity contribution in [1.29, 1.82) is 0 Å². The molecule has 15 heavy (non-hydrogen) atoms. The Morgan fingerprint density at radius 3 is 2.93 bits per heavy atom. The van der Waals surface area contributed by atoms with E-state index in [0.717, 1.165) is 3.79 Å². The van der Waals surface area contributed by atoms with Gasteiger partial charge in [-0.2, -0.15) is 0 Å². The molecule has 2 rings (SSSR count). The minimum atomic E-state index is 0.629. The first-order valence-corrected chi connectivity index (χ1v) is 6.54. The molecular weight excluding hydrogens is 274 g/mol. The van der Waals surface area contributed by atoms with Crippen LogP contribution in [0.2, 0.25) is 0 Å². The van der Waals surface area contributed by atoms with Gasteiger partial charge in [-0.15, -0.1) is 11.3 Å². The Balaban J connectivity index is 1.92. The molecule has 0 amide bonds. The van der Waals surface area contributed by atoms with Crippen molar-refractivity contribution >= 4 is 33.2 Å². The van der Waals surface area contributed by atoms with Crippen molar-refractivity contribution in [1.82, 2.24) is 4.90 Å². The lowest BCUT2D eigenvalue weighted by Gasteiger charge is -2.16. The molecule has 2 N–H and O–H groups in total. The van der Waals surface area contributed by atoms with Gasteiger partial charge >= 0.3 is 0 Å². The van der Waals surface area contributed by atoms with E-state index in [0.29, 0.717) is 18.5 Å². The van der Waals surface area contributed by atoms with E-state index in [2.05, 4.69) is 31.9 Å². The molecule has 0 radical (unpaired) electrons. The van der Waals surface area contributed by atoms with E-state index in [9.17, 15) is 0 Å². The van der Waals surface area contributed by atoms with Crippen LogP contribution in [0.25, 0.3) is 0 Å². The molecular formula is C10H14BrN3S. The summed E-state index contributed by atoms with van der Waals surface area (Å²) in [5.41, 5.74) is 5.88. The normalized spacial score (nSPS) is 16.8. The van der Waals surface area contributed by atoms with Crippen LogP contribution in [-0.4, -0.2) is 23.9 Å². The zero-order valence-electron chi connectivity index (χ0n) is 8.61. The summed E-state index contributed by atoms with van der Waals surface area (Å²) in [4.78, 5) is 7.68. The summed E-state index contributed by atoms with van der Waals surface area (Å²) in [6, 6.07) is 4.74. The van der Waals surface area contributed by atoms with Gasteiger partial charge in [-0.1, -0.05) is 0 Å². The molecule has 1 aliphatic rings. The van der Waals surface area contributed by atoms with Gasteiger partial charge in [-0.3, -0.25) is 0 Å². The number of nitrogens with zero attached hydrogens (tertiary/aromatic N) is 2. The van der Waals surface area contributed by atoms with Gasteiger partial charge in [-0.05, 0) is 40.9 Å². The maximum absolute atomic E-state index is 5.88. The maximum Gasteiger partial charge on any atom is 0.191 e. The minimum Gasteiger partial charge on any atom is -0.370 e. The molecule has 1 aliphatic carbocycles. The van der Waals surface area contributed by atoms with Crippen molar-refractivity contribution < 1.29 is 0 Å². The van der Waals surface area contributed by atoms with Crippen LogP contribution in [0.4, 0.5) is 0 Å². The number of thiophene rings is 1. The molecule has 0 saturated heterocycles. The fourth-order valence-corrected chi connectivity index (χ4v) is 2.76. The van der Waals surface area contributed by atoms with E-state index in [-0.39, 0.29) is 0 Å². The van der Waals surface area contributed by atoms with E-state index >= 15 is 0 Å². The number of hydrogen-bond donors (Lipinski definition) is 1. The van der Waals surface area contributed by atoms with Crippen LogP contribution in [0, 0.1) is 0 Å². The van der Waals surface area contributed by atoms with E-state index in [4.69, 9.17) is 5.73 Å². The summed E-state index contributed by atoms with van der Waals surface area (Å²) in [5, 5.41) is 0. The average Bonchev–Trinajstić information content (AvgIpc) is 2.98. The second kappa shape index (κ2) is 4.53. The number of rotatable bonds is 3. The van der Waals surface area contributed by atoms with Crippen molar-refractivity contribution in [3.05, 3.63) is 20.8 Å². The zero-order valence-corrected chi connectivity index (χ0v) is 11.0. The summed E-state index contributed by atoms with van der Waals surface area (Å²) >= 11 is 5.13. The first kappa shape index (κ1) is 11.0. The molecule has 3 nitrogen and oxygen atoms in total. The highest BCUT2D eigenvalue weighted by Gasteiger charge is 2.27. The molecule has 1 heterocycles. The zero-order chi connectivity index (χ0) is 10.8. The van der Waals surface area contributed by atoms with Crippen molar-refractivity contribution in [2.24, 2.45) is 10.7 Å². The third-order valence-electron chi connectivity index (χ3n) is 2.48. The Morgan fingerprint density at radius 1 is 1.67 bits per heavy atom. The van der Waals surface area contributed by atoms with Gasteiger partial charge in [0.25, 0.3) is 0 Å². The molecule has 0 aliphatic heterocycles. The lowest BCUT2D eigenvalue weighted by molar-refractivity contribution is 0.487. The topological polar surface area (TPSA) is 41.6 Å². The van der Waals surface area contributed by atoms with Crippen molar-refractivity contribution in [2.45, 2.75) is 25.4 Å². The molecule has 5 heteroatoms. The SMILES string of the molecule is CN(C(N)=NCc1ccc(Br)s1)C1CC1. The molecule has 0 spiro atoms. The van der Waals surface area contributed by atoms with Gasteiger partial charge in [-0.25, -0.2) is 4.99 Å². The van der Waals surface area contributed by atoms with E-state index in [1.807, 2.05) is 13.1 Å². The molecule has 1 saturated carbocycles. The molecule has 0 unspecified atom stereocenters. The summed E-state index contributed by atoms with van der Waals surface area (Å²) in [6.45, 7) is 0.680. The molecule has 1 aromatic heterocycles. The van der Waals surface area contributed by atoms with Crippen molar-refractivity contribution in [3.63, 3.8) is 0 Å². The third kappa shape index (κ3) is 2.95. The largest absolute Gasteiger partial charge is 0.370 e. The number of hydrogen-bond acceptors (Lipinski definition) is 2. The van der Waals surface area contributed by atoms with Crippen molar-refractivity contribution in [2.75, 3.05) is 7.05 Å². The first-order chi connectivity index (χ1) is 7.16. The van der Waals surface area contributed by atoms with E-state index in [1.165, 1.54) is 17.7 Å². The van der Waals surface area contributed by atoms with Gasteiger partial charge in [0.15, 0.2) is 5.96 Å². The van der Waals surface area contributed by atoms with Gasteiger partial charge in [0.05, 0.1) is 10.3 Å². The van der Waals surface area contributed by atoms with E-state index < -0.39 is 0 Å².